The van der Waals surface area contributed by atoms with E-state index >= 15 is 0 Å². The van der Waals surface area contributed by atoms with Crippen LogP contribution in [0.3, 0.4) is 0 Å². The number of likely N-dealkylation sites (N-methyl/N-ethyl adjacent to an activating group) is 1. The first-order valence-electron chi connectivity index (χ1n) is 7.46. The van der Waals surface area contributed by atoms with Gasteiger partial charge in [-0.15, -0.1) is 0 Å². The fraction of sp³-hybridized carbons (Fsp3) is 0.375. The zero-order valence-electron chi connectivity index (χ0n) is 13.5. The van der Waals surface area contributed by atoms with E-state index in [2.05, 4.69) is 10.4 Å². The van der Waals surface area contributed by atoms with Crippen molar-refractivity contribution in [1.29, 1.82) is 0 Å². The molecule has 0 spiro atoms. The van der Waals surface area contributed by atoms with Crippen LogP contribution in [-0.2, 0) is 0 Å². The lowest BCUT2D eigenvalue weighted by Gasteiger charge is -2.20. The van der Waals surface area contributed by atoms with Gasteiger partial charge in [0.2, 0.25) is 0 Å². The number of halogens is 1. The second-order valence-corrected chi connectivity index (χ2v) is 5.24. The van der Waals surface area contributed by atoms with Crippen LogP contribution in [0.15, 0.2) is 24.3 Å². The van der Waals surface area contributed by atoms with Crippen LogP contribution < -0.4 is 5.32 Å². The normalized spacial score (nSPS) is 10.7. The Labute approximate surface area is 134 Å². The zero-order valence-corrected chi connectivity index (χ0v) is 13.5. The van der Waals surface area contributed by atoms with Gasteiger partial charge in [0, 0.05) is 24.5 Å². The van der Waals surface area contributed by atoms with Gasteiger partial charge in [-0.25, -0.2) is 13.9 Å². The maximum atomic E-state index is 14.3. The van der Waals surface area contributed by atoms with Crippen LogP contribution >= 0.6 is 0 Å². The number of aryl methyl sites for hydroxylation is 2. The number of nitrogens with zero attached hydrogens (tertiary/aromatic N) is 3. The molecule has 0 saturated carbocycles. The monoisotopic (exact) mass is 320 g/mol. The van der Waals surface area contributed by atoms with Gasteiger partial charge < -0.3 is 15.3 Å². The quantitative estimate of drug-likeness (QED) is 0.889. The van der Waals surface area contributed by atoms with E-state index in [-0.39, 0.29) is 19.2 Å². The lowest BCUT2D eigenvalue weighted by molar-refractivity contribution is 0.192. The Morgan fingerprint density at radius 2 is 2.13 bits per heavy atom. The van der Waals surface area contributed by atoms with Crippen LogP contribution in [0.25, 0.3) is 5.69 Å². The molecule has 0 saturated heterocycles. The van der Waals surface area contributed by atoms with Crippen molar-refractivity contribution in [1.82, 2.24) is 14.7 Å². The van der Waals surface area contributed by atoms with Gasteiger partial charge in [-0.1, -0.05) is 0 Å². The molecule has 1 heterocycles. The number of aliphatic hydroxyl groups excluding tert-OH is 1. The summed E-state index contributed by atoms with van der Waals surface area (Å²) in [7, 11) is 0. The molecule has 0 atom stereocenters. The third-order valence-corrected chi connectivity index (χ3v) is 3.48. The molecule has 7 heteroatoms. The molecular weight excluding hydrogens is 299 g/mol. The average molecular weight is 320 g/mol. The first kappa shape index (κ1) is 17.0. The molecule has 1 aromatic carbocycles. The molecule has 2 rings (SSSR count). The van der Waals surface area contributed by atoms with Crippen LogP contribution in [0.5, 0.6) is 0 Å². The summed E-state index contributed by atoms with van der Waals surface area (Å²) in [5, 5.41) is 15.8. The lowest BCUT2D eigenvalue weighted by Crippen LogP contribution is -2.36. The summed E-state index contributed by atoms with van der Waals surface area (Å²) in [5.74, 6) is -0.473. The van der Waals surface area contributed by atoms with Crippen molar-refractivity contribution < 1.29 is 14.3 Å². The molecule has 0 fully saturated rings. The second-order valence-electron chi connectivity index (χ2n) is 5.24. The largest absolute Gasteiger partial charge is 0.395 e. The van der Waals surface area contributed by atoms with E-state index in [1.807, 2.05) is 26.8 Å². The van der Waals surface area contributed by atoms with E-state index < -0.39 is 5.82 Å². The van der Waals surface area contributed by atoms with Crippen molar-refractivity contribution in [2.75, 3.05) is 25.0 Å². The molecule has 2 amide bonds. The van der Waals surface area contributed by atoms with E-state index in [9.17, 15) is 9.18 Å². The maximum absolute atomic E-state index is 14.3. The number of carbonyl (C=O) groups excluding carboxylic acids is 1. The Hall–Kier alpha value is -2.41. The summed E-state index contributed by atoms with van der Waals surface area (Å²) in [5.41, 5.74) is 2.32. The maximum Gasteiger partial charge on any atom is 0.321 e. The molecule has 1 aromatic heterocycles. The standard InChI is InChI=1S/C16H21FN4O2/c1-4-20(7-8-22)16(23)18-13-5-6-15(14(17)10-13)21-12(3)9-11(2)19-21/h5-6,9-10,22H,4,7-8H2,1-3H3,(H,18,23). The molecule has 0 aliphatic heterocycles. The van der Waals surface area contributed by atoms with Crippen LogP contribution in [-0.4, -0.2) is 45.5 Å². The molecular formula is C16H21FN4O2. The first-order valence-corrected chi connectivity index (χ1v) is 7.46. The van der Waals surface area contributed by atoms with Crippen molar-refractivity contribution in [3.05, 3.63) is 41.5 Å². The predicted octanol–water partition coefficient (Wildman–Crippen LogP) is 2.47. The van der Waals surface area contributed by atoms with Crippen molar-refractivity contribution >= 4 is 11.7 Å². The van der Waals surface area contributed by atoms with E-state index in [1.165, 1.54) is 15.6 Å². The zero-order chi connectivity index (χ0) is 17.0. The van der Waals surface area contributed by atoms with Gasteiger partial charge in [-0.2, -0.15) is 5.10 Å². The van der Waals surface area contributed by atoms with Crippen molar-refractivity contribution in [2.45, 2.75) is 20.8 Å². The summed E-state index contributed by atoms with van der Waals surface area (Å²) in [6.07, 6.45) is 0. The second kappa shape index (κ2) is 7.23. The van der Waals surface area contributed by atoms with E-state index in [4.69, 9.17) is 5.11 Å². The molecule has 2 N–H and O–H groups in total. The highest BCUT2D eigenvalue weighted by atomic mass is 19.1. The third kappa shape index (κ3) is 3.87. The predicted molar refractivity (Wildman–Crippen MR) is 86.3 cm³/mol. The number of nitrogens with one attached hydrogen (secondary N) is 1. The lowest BCUT2D eigenvalue weighted by atomic mass is 10.2. The summed E-state index contributed by atoms with van der Waals surface area (Å²) in [4.78, 5) is 13.5. The molecule has 0 radical (unpaired) electrons. The van der Waals surface area contributed by atoms with Crippen molar-refractivity contribution in [2.24, 2.45) is 0 Å². The number of urea groups is 1. The Bertz CT molecular complexity index is 699. The molecule has 0 bridgehead atoms. The Kier molecular flexibility index (Phi) is 5.33. The minimum Gasteiger partial charge on any atom is -0.395 e. The van der Waals surface area contributed by atoms with E-state index in [0.717, 1.165) is 11.4 Å². The van der Waals surface area contributed by atoms with Gasteiger partial charge in [0.15, 0.2) is 5.82 Å². The number of hydrogen-bond donors (Lipinski definition) is 2. The first-order chi connectivity index (χ1) is 11.0. The van der Waals surface area contributed by atoms with E-state index in [0.29, 0.717) is 17.9 Å². The van der Waals surface area contributed by atoms with Gasteiger partial charge >= 0.3 is 6.03 Å². The molecule has 0 unspecified atom stereocenters. The molecule has 0 aliphatic carbocycles. The third-order valence-electron chi connectivity index (χ3n) is 3.48. The Balaban J connectivity index is 2.19. The minimum absolute atomic E-state index is 0.119. The number of hydrogen-bond acceptors (Lipinski definition) is 3. The number of carbonyl (C=O) groups is 1. The van der Waals surface area contributed by atoms with Crippen LogP contribution in [0.4, 0.5) is 14.9 Å². The minimum atomic E-state index is -0.473. The number of anilines is 1. The Morgan fingerprint density at radius 1 is 1.39 bits per heavy atom. The highest BCUT2D eigenvalue weighted by Gasteiger charge is 2.14. The van der Waals surface area contributed by atoms with Crippen molar-refractivity contribution in [3.8, 4) is 5.69 Å². The topological polar surface area (TPSA) is 70.4 Å². The smallest absolute Gasteiger partial charge is 0.321 e. The van der Waals surface area contributed by atoms with Gasteiger partial charge in [0.1, 0.15) is 5.69 Å². The van der Waals surface area contributed by atoms with Gasteiger partial charge in [-0.05, 0) is 45.0 Å². The summed E-state index contributed by atoms with van der Waals surface area (Å²) in [6.45, 7) is 6.07. The molecule has 0 aliphatic rings. The van der Waals surface area contributed by atoms with Crippen LogP contribution in [0, 0.1) is 19.7 Å². The number of benzene rings is 1. The SMILES string of the molecule is CCN(CCO)C(=O)Nc1ccc(-n2nc(C)cc2C)c(F)c1. The van der Waals surface area contributed by atoms with Crippen LogP contribution in [0.2, 0.25) is 0 Å². The molecule has 23 heavy (non-hydrogen) atoms. The summed E-state index contributed by atoms with van der Waals surface area (Å²) >= 11 is 0. The van der Waals surface area contributed by atoms with Gasteiger partial charge in [0.25, 0.3) is 0 Å². The number of aromatic nitrogens is 2. The summed E-state index contributed by atoms with van der Waals surface area (Å²) in [6, 6.07) is 5.95. The molecule has 124 valence electrons. The van der Waals surface area contributed by atoms with Gasteiger partial charge in [0.05, 0.1) is 12.3 Å². The number of rotatable bonds is 5. The van der Waals surface area contributed by atoms with Crippen LogP contribution in [0.1, 0.15) is 18.3 Å². The number of amides is 2. The highest BCUT2D eigenvalue weighted by molar-refractivity contribution is 5.89. The molecule has 2 aromatic rings. The number of aliphatic hydroxyl groups is 1. The molecule has 6 nitrogen and oxygen atoms in total. The Morgan fingerprint density at radius 3 is 2.65 bits per heavy atom. The fourth-order valence-corrected chi connectivity index (χ4v) is 2.36. The van der Waals surface area contributed by atoms with Crippen molar-refractivity contribution in [3.63, 3.8) is 0 Å². The summed E-state index contributed by atoms with van der Waals surface area (Å²) < 4.78 is 15.9. The van der Waals surface area contributed by atoms with Gasteiger partial charge in [-0.3, -0.25) is 0 Å². The fourth-order valence-electron chi connectivity index (χ4n) is 2.36. The average Bonchev–Trinajstić information content (AvgIpc) is 2.83. The highest BCUT2D eigenvalue weighted by Crippen LogP contribution is 2.20. The van der Waals surface area contributed by atoms with E-state index in [1.54, 1.807) is 12.1 Å².